The highest BCUT2D eigenvalue weighted by molar-refractivity contribution is 5.76. The number of aromatic nitrogens is 2. The molecule has 0 aliphatic heterocycles. The smallest absolute Gasteiger partial charge is 0.236 e. The highest BCUT2D eigenvalue weighted by atomic mass is 16.5. The zero-order valence-electron chi connectivity index (χ0n) is 10.7. The zero-order valence-corrected chi connectivity index (χ0v) is 10.7. The molecule has 6 heteroatoms. The van der Waals surface area contributed by atoms with Crippen molar-refractivity contribution >= 4 is 5.91 Å². The van der Waals surface area contributed by atoms with Crippen molar-refractivity contribution in [3.63, 3.8) is 0 Å². The van der Waals surface area contributed by atoms with Crippen molar-refractivity contribution in [3.8, 4) is 5.88 Å². The van der Waals surface area contributed by atoms with Gasteiger partial charge in [0.25, 0.3) is 0 Å². The number of rotatable bonds is 4. The normalized spacial score (nSPS) is 32.5. The Kier molecular flexibility index (Phi) is 2.89. The number of amides is 1. The van der Waals surface area contributed by atoms with Crippen LogP contribution < -0.4 is 16.2 Å². The van der Waals surface area contributed by atoms with Crippen molar-refractivity contribution in [1.29, 1.82) is 0 Å². The molecule has 0 bridgehead atoms. The summed E-state index contributed by atoms with van der Waals surface area (Å²) in [5.41, 5.74) is 11.9. The minimum Gasteiger partial charge on any atom is -0.473 e. The van der Waals surface area contributed by atoms with Crippen LogP contribution in [0, 0.1) is 5.41 Å². The molecule has 1 spiro atoms. The molecular weight excluding hydrogens is 244 g/mol. The van der Waals surface area contributed by atoms with E-state index in [0.717, 1.165) is 25.7 Å². The molecule has 4 N–H and O–H groups in total. The van der Waals surface area contributed by atoms with E-state index in [9.17, 15) is 4.79 Å². The van der Waals surface area contributed by atoms with Gasteiger partial charge in [-0.3, -0.25) is 9.78 Å². The van der Waals surface area contributed by atoms with Crippen molar-refractivity contribution in [2.75, 3.05) is 0 Å². The fraction of sp³-hybridized carbons (Fsp3) is 0.615. The van der Waals surface area contributed by atoms with Crippen molar-refractivity contribution < 1.29 is 9.53 Å². The maximum Gasteiger partial charge on any atom is 0.236 e. The summed E-state index contributed by atoms with van der Waals surface area (Å²) in [5.74, 6) is 0.00479. The Morgan fingerprint density at radius 1 is 1.32 bits per heavy atom. The lowest BCUT2D eigenvalue weighted by Crippen LogP contribution is -2.56. The molecular formula is C13H18N4O2. The number of carbonyl (C=O) groups is 1. The fourth-order valence-electron chi connectivity index (χ4n) is 3.27. The van der Waals surface area contributed by atoms with Gasteiger partial charge >= 0.3 is 0 Å². The minimum atomic E-state index is -0.430. The second-order valence-electron chi connectivity index (χ2n) is 5.77. The van der Waals surface area contributed by atoms with Crippen LogP contribution in [-0.2, 0) is 11.2 Å². The molecule has 1 aromatic rings. The maximum atomic E-state index is 11.0. The molecule has 0 unspecified atom stereocenters. The van der Waals surface area contributed by atoms with E-state index >= 15 is 0 Å². The molecule has 2 aliphatic carbocycles. The van der Waals surface area contributed by atoms with Crippen LogP contribution in [0.2, 0.25) is 0 Å². The van der Waals surface area contributed by atoms with Crippen LogP contribution >= 0.6 is 0 Å². The molecule has 1 amide bonds. The molecule has 3 rings (SSSR count). The molecule has 0 aromatic carbocycles. The molecule has 6 nitrogen and oxygen atoms in total. The summed E-state index contributed by atoms with van der Waals surface area (Å²) in [4.78, 5) is 19.2. The lowest BCUT2D eigenvalue weighted by molar-refractivity contribution is -0.117. The molecule has 2 fully saturated rings. The molecule has 0 atom stereocenters. The molecule has 19 heavy (non-hydrogen) atoms. The van der Waals surface area contributed by atoms with Crippen LogP contribution in [0.15, 0.2) is 12.4 Å². The van der Waals surface area contributed by atoms with E-state index < -0.39 is 5.91 Å². The van der Waals surface area contributed by atoms with Gasteiger partial charge < -0.3 is 16.2 Å². The highest BCUT2D eigenvalue weighted by Gasteiger charge is 2.53. The fourth-order valence-corrected chi connectivity index (χ4v) is 3.27. The van der Waals surface area contributed by atoms with Gasteiger partial charge in [-0.2, -0.15) is 0 Å². The van der Waals surface area contributed by atoms with Gasteiger partial charge in [-0.1, -0.05) is 0 Å². The molecule has 1 aromatic heterocycles. The van der Waals surface area contributed by atoms with Gasteiger partial charge in [0.1, 0.15) is 11.8 Å². The third kappa shape index (κ3) is 2.40. The average molecular weight is 262 g/mol. The molecule has 0 saturated heterocycles. The average Bonchev–Trinajstić information content (AvgIpc) is 2.26. The van der Waals surface area contributed by atoms with Crippen LogP contribution in [0.3, 0.4) is 0 Å². The molecule has 2 aliphatic rings. The number of nitrogens with two attached hydrogens (primary N) is 2. The van der Waals surface area contributed by atoms with E-state index in [0.29, 0.717) is 23.0 Å². The van der Waals surface area contributed by atoms with Crippen molar-refractivity contribution in [3.05, 3.63) is 18.1 Å². The van der Waals surface area contributed by atoms with E-state index in [4.69, 9.17) is 16.2 Å². The Hall–Kier alpha value is -1.69. The third-order valence-electron chi connectivity index (χ3n) is 4.07. The number of carbonyl (C=O) groups excluding carboxylic acids is 1. The van der Waals surface area contributed by atoms with Crippen molar-refractivity contribution in [2.45, 2.75) is 44.2 Å². The summed E-state index contributed by atoms with van der Waals surface area (Å²) in [6.07, 6.45) is 7.57. The Balaban J connectivity index is 1.60. The van der Waals surface area contributed by atoms with E-state index in [1.807, 2.05) is 0 Å². The van der Waals surface area contributed by atoms with E-state index in [2.05, 4.69) is 9.97 Å². The van der Waals surface area contributed by atoms with Crippen molar-refractivity contribution in [1.82, 2.24) is 9.97 Å². The molecule has 0 radical (unpaired) electrons. The number of hydrogen-bond acceptors (Lipinski definition) is 5. The van der Waals surface area contributed by atoms with Crippen LogP contribution in [0.4, 0.5) is 0 Å². The van der Waals surface area contributed by atoms with Gasteiger partial charge in [0, 0.05) is 18.4 Å². The van der Waals surface area contributed by atoms with Gasteiger partial charge in [0.15, 0.2) is 0 Å². The molecule has 102 valence electrons. The predicted octanol–water partition coefficient (Wildman–Crippen LogP) is 0.153. The van der Waals surface area contributed by atoms with E-state index in [-0.39, 0.29) is 12.5 Å². The Morgan fingerprint density at radius 2 is 2.00 bits per heavy atom. The number of primary amides is 1. The second kappa shape index (κ2) is 4.45. The third-order valence-corrected chi connectivity index (χ3v) is 4.07. The first-order chi connectivity index (χ1) is 9.06. The first-order valence-electron chi connectivity index (χ1n) is 6.57. The topological polar surface area (TPSA) is 104 Å². The SMILES string of the molecule is NC(=O)Cc1nccnc1OC1CC2(CC(N)C2)C1. The van der Waals surface area contributed by atoms with Crippen LogP contribution in [0.5, 0.6) is 5.88 Å². The van der Waals surface area contributed by atoms with Gasteiger partial charge in [-0.25, -0.2) is 4.98 Å². The first-order valence-corrected chi connectivity index (χ1v) is 6.57. The Labute approximate surface area is 111 Å². The summed E-state index contributed by atoms with van der Waals surface area (Å²) < 4.78 is 5.83. The predicted molar refractivity (Wildman–Crippen MR) is 68.2 cm³/mol. The molecule has 2 saturated carbocycles. The Bertz CT molecular complexity index is 491. The zero-order chi connectivity index (χ0) is 13.5. The largest absolute Gasteiger partial charge is 0.473 e. The quantitative estimate of drug-likeness (QED) is 0.804. The lowest BCUT2D eigenvalue weighted by Gasteiger charge is -2.56. The summed E-state index contributed by atoms with van der Waals surface area (Å²) in [6, 6.07) is 0.364. The number of ether oxygens (including phenoxy) is 1. The van der Waals surface area contributed by atoms with Crippen LogP contribution in [0.25, 0.3) is 0 Å². The van der Waals surface area contributed by atoms with Crippen LogP contribution in [0.1, 0.15) is 31.4 Å². The lowest BCUT2D eigenvalue weighted by atomic mass is 9.53. The second-order valence-corrected chi connectivity index (χ2v) is 5.77. The summed E-state index contributed by atoms with van der Waals surface area (Å²) in [7, 11) is 0. The minimum absolute atomic E-state index is 0.0614. The monoisotopic (exact) mass is 262 g/mol. The highest BCUT2D eigenvalue weighted by Crippen LogP contribution is 2.56. The van der Waals surface area contributed by atoms with Crippen LogP contribution in [-0.4, -0.2) is 28.0 Å². The maximum absolute atomic E-state index is 11.0. The van der Waals surface area contributed by atoms with Crippen molar-refractivity contribution in [2.24, 2.45) is 16.9 Å². The number of hydrogen-bond donors (Lipinski definition) is 2. The standard InChI is InChI=1S/C13H18N4O2/c14-8-4-13(5-8)6-9(7-13)19-12-10(3-11(15)18)16-1-2-17-12/h1-2,8-9H,3-7,14H2,(H2,15,18). The first kappa shape index (κ1) is 12.3. The van der Waals surface area contributed by atoms with Gasteiger partial charge in [-0.15, -0.1) is 0 Å². The van der Waals surface area contributed by atoms with Gasteiger partial charge in [-0.05, 0) is 31.1 Å². The van der Waals surface area contributed by atoms with E-state index in [1.54, 1.807) is 12.4 Å². The summed E-state index contributed by atoms with van der Waals surface area (Å²) in [5, 5.41) is 0. The summed E-state index contributed by atoms with van der Waals surface area (Å²) in [6.45, 7) is 0. The van der Waals surface area contributed by atoms with Gasteiger partial charge in [0.2, 0.25) is 11.8 Å². The number of nitrogens with zero attached hydrogens (tertiary/aromatic N) is 2. The van der Waals surface area contributed by atoms with E-state index in [1.165, 1.54) is 0 Å². The van der Waals surface area contributed by atoms with Gasteiger partial charge in [0.05, 0.1) is 6.42 Å². The Morgan fingerprint density at radius 3 is 2.63 bits per heavy atom. The summed E-state index contributed by atoms with van der Waals surface area (Å²) >= 11 is 0. The molecule has 1 heterocycles.